The topological polar surface area (TPSA) is 181 Å². The minimum Gasteiger partial charge on any atom is -0.769 e. The second kappa shape index (κ2) is 9.23. The van der Waals surface area contributed by atoms with Gasteiger partial charge in [0.15, 0.2) is 0 Å². The Bertz CT molecular complexity index is 660. The molecule has 0 spiro atoms. The number of nitrogens with zero attached hydrogens (tertiary/aromatic N) is 2. The monoisotopic (exact) mass is 386 g/mol. The summed E-state index contributed by atoms with van der Waals surface area (Å²) in [7, 11) is 0. The van der Waals surface area contributed by atoms with E-state index in [0.29, 0.717) is 0 Å². The van der Waals surface area contributed by atoms with Crippen molar-refractivity contribution < 1.29 is 29.8 Å². The molecule has 1 aromatic carbocycles. The van der Waals surface area contributed by atoms with Crippen LogP contribution in [0, 0.1) is 10.4 Å². The lowest BCUT2D eigenvalue weighted by Gasteiger charge is -2.38. The molecule has 0 saturated heterocycles. The molecule has 1 amide bonds. The number of hydrogen-bond acceptors (Lipinski definition) is 10. The maximum Gasteiger partial charge on any atom is 0.408 e. The van der Waals surface area contributed by atoms with Gasteiger partial charge < -0.3 is 36.1 Å². The van der Waals surface area contributed by atoms with Crippen molar-refractivity contribution >= 4 is 29.1 Å². The summed E-state index contributed by atoms with van der Waals surface area (Å²) < 4.78 is 5.00. The maximum atomic E-state index is 11.7. The predicted octanol–water partition coefficient (Wildman–Crippen LogP) is 1.85. The van der Waals surface area contributed by atoms with Crippen LogP contribution in [-0.2, 0) is 9.53 Å². The first-order valence-corrected chi connectivity index (χ1v) is 7.83. The van der Waals surface area contributed by atoms with Crippen molar-refractivity contribution in [3.05, 3.63) is 28.6 Å². The molecule has 152 valence electrons. The van der Waals surface area contributed by atoms with Crippen LogP contribution in [0.4, 0.5) is 21.9 Å². The number of benzene rings is 1. The van der Waals surface area contributed by atoms with Crippen LogP contribution in [0.2, 0.25) is 0 Å². The molecule has 0 heterocycles. The number of anilines is 3. The van der Waals surface area contributed by atoms with E-state index in [1.54, 1.807) is 20.8 Å². The molecule has 0 unspecified atom stereocenters. The van der Waals surface area contributed by atoms with Gasteiger partial charge in [0.05, 0.1) is 5.69 Å². The molecule has 12 nitrogen and oxygen atoms in total. The van der Waals surface area contributed by atoms with Gasteiger partial charge in [-0.15, -0.1) is 5.23 Å². The lowest BCUT2D eigenvalue weighted by Crippen LogP contribution is -2.44. The van der Waals surface area contributed by atoms with E-state index in [-0.39, 0.29) is 35.3 Å². The number of carbonyl (C=O) groups is 2. The summed E-state index contributed by atoms with van der Waals surface area (Å²) in [5.41, 5.74) is -1.33. The summed E-state index contributed by atoms with van der Waals surface area (Å²) in [6, 6.07) is 2.05. The third-order valence-electron chi connectivity index (χ3n) is 3.15. The van der Waals surface area contributed by atoms with Crippen LogP contribution in [0.3, 0.4) is 0 Å². The van der Waals surface area contributed by atoms with Gasteiger partial charge in [0.2, 0.25) is 0 Å². The van der Waals surface area contributed by atoms with Gasteiger partial charge in [-0.2, -0.15) is 0 Å². The fourth-order valence-corrected chi connectivity index (χ4v) is 2.01. The molecule has 0 radical (unpaired) electrons. The van der Waals surface area contributed by atoms with E-state index in [2.05, 4.69) is 10.6 Å². The fraction of sp³-hybridized carbons (Fsp3) is 0.467. The van der Waals surface area contributed by atoms with Crippen molar-refractivity contribution in [2.45, 2.75) is 38.8 Å². The summed E-state index contributed by atoms with van der Waals surface area (Å²) >= 11 is 0. The van der Waals surface area contributed by atoms with Crippen molar-refractivity contribution in [2.24, 2.45) is 0 Å². The quantitative estimate of drug-likeness (QED) is 0.411. The van der Waals surface area contributed by atoms with Gasteiger partial charge in [-0.1, -0.05) is 0 Å². The average molecular weight is 386 g/mol. The van der Waals surface area contributed by atoms with Crippen LogP contribution in [0.25, 0.3) is 0 Å². The molecule has 1 aromatic rings. The summed E-state index contributed by atoms with van der Waals surface area (Å²) in [6.07, 6.45) is -0.954. The van der Waals surface area contributed by atoms with E-state index in [1.165, 1.54) is 6.07 Å². The number of hydrogen-bond donors (Lipinski definition) is 5. The molecule has 12 heteroatoms. The number of alkyl carbamates (subject to hydrolysis) is 1. The Balaban J connectivity index is 2.73. The standard InChI is InChI=1S/C15H22N4O8/c1-15(2,3)27-14(22)17-11(13(20)21)6-7-16-10-5-4-9(18(23)24)8-12(10)19(25)26/h4-5,8,11,16,25-26H,6-7H2,1-3H3,(H,17,22)(H,20,21)/q-2/t11-/m1/s1. The zero-order valence-electron chi connectivity index (χ0n) is 15.0. The molecule has 0 bridgehead atoms. The second-order valence-corrected chi connectivity index (χ2v) is 6.50. The molecular weight excluding hydrogens is 364 g/mol. The normalized spacial score (nSPS) is 12.1. The number of rotatable bonds is 8. The summed E-state index contributed by atoms with van der Waals surface area (Å²) in [5.74, 6) is -1.28. The molecule has 0 aliphatic rings. The van der Waals surface area contributed by atoms with Crippen LogP contribution in [0.15, 0.2) is 18.2 Å². The molecule has 1 rings (SSSR count). The van der Waals surface area contributed by atoms with Gasteiger partial charge in [0.25, 0.3) is 0 Å². The van der Waals surface area contributed by atoms with Gasteiger partial charge in [0, 0.05) is 12.2 Å². The Morgan fingerprint density at radius 2 is 1.89 bits per heavy atom. The first-order valence-electron chi connectivity index (χ1n) is 7.83. The number of ether oxygens (including phenoxy) is 1. The van der Waals surface area contributed by atoms with Crippen LogP contribution in [0.5, 0.6) is 0 Å². The lowest BCUT2D eigenvalue weighted by atomic mass is 10.2. The molecular formula is C15H22N4O8-2. The SMILES string of the molecule is CC(C)(C)OC(=O)N[C@H](CCNc1ccc(N([O-])[O-])cc1N(O)O)C(=O)O. The van der Waals surface area contributed by atoms with Crippen molar-refractivity contribution in [2.75, 3.05) is 22.3 Å². The molecule has 5 N–H and O–H groups in total. The van der Waals surface area contributed by atoms with E-state index in [9.17, 15) is 35.5 Å². The number of carbonyl (C=O) groups excluding carboxylic acids is 1. The number of nitrogens with one attached hydrogen (secondary N) is 2. The van der Waals surface area contributed by atoms with Gasteiger partial charge in [-0.3, -0.25) is 10.4 Å². The molecule has 1 atom stereocenters. The minimum atomic E-state index is -1.28. The smallest absolute Gasteiger partial charge is 0.408 e. The highest BCUT2D eigenvalue weighted by Gasteiger charge is 2.23. The largest absolute Gasteiger partial charge is 0.769 e. The summed E-state index contributed by atoms with van der Waals surface area (Å²) in [6.45, 7) is 4.91. The highest BCUT2D eigenvalue weighted by molar-refractivity contribution is 5.80. The second-order valence-electron chi connectivity index (χ2n) is 6.50. The van der Waals surface area contributed by atoms with Crippen molar-refractivity contribution in [1.29, 1.82) is 0 Å². The fourth-order valence-electron chi connectivity index (χ4n) is 2.01. The van der Waals surface area contributed by atoms with E-state index in [1.807, 2.05) is 0 Å². The molecule has 0 aliphatic heterocycles. The van der Waals surface area contributed by atoms with Crippen molar-refractivity contribution in [1.82, 2.24) is 5.32 Å². The number of carboxylic acids is 1. The number of aliphatic carboxylic acids is 1. The third kappa shape index (κ3) is 7.53. The molecule has 0 fully saturated rings. The van der Waals surface area contributed by atoms with E-state index in [4.69, 9.17) is 4.74 Å². The van der Waals surface area contributed by atoms with Gasteiger partial charge >= 0.3 is 12.1 Å². The Labute approximate surface area is 155 Å². The van der Waals surface area contributed by atoms with Gasteiger partial charge in [0.1, 0.15) is 17.3 Å². The zero-order valence-corrected chi connectivity index (χ0v) is 15.0. The van der Waals surface area contributed by atoms with Crippen LogP contribution in [0.1, 0.15) is 27.2 Å². The van der Waals surface area contributed by atoms with Crippen LogP contribution >= 0.6 is 0 Å². The molecule has 0 aromatic heterocycles. The van der Waals surface area contributed by atoms with E-state index in [0.717, 1.165) is 12.1 Å². The Kier molecular flexibility index (Phi) is 7.60. The molecule has 0 aliphatic carbocycles. The summed E-state index contributed by atoms with van der Waals surface area (Å²) in [4.78, 5) is 23.0. The first kappa shape index (κ1) is 22.2. The van der Waals surface area contributed by atoms with Gasteiger partial charge in [-0.25, -0.2) is 9.59 Å². The average Bonchev–Trinajstić information content (AvgIpc) is 2.51. The van der Waals surface area contributed by atoms with Gasteiger partial charge in [-0.05, 0) is 45.4 Å². The first-order chi connectivity index (χ1) is 12.4. The number of amides is 1. The third-order valence-corrected chi connectivity index (χ3v) is 3.15. The Morgan fingerprint density at radius 1 is 1.26 bits per heavy atom. The van der Waals surface area contributed by atoms with E-state index < -0.39 is 28.9 Å². The molecule has 27 heavy (non-hydrogen) atoms. The van der Waals surface area contributed by atoms with Crippen molar-refractivity contribution in [3.63, 3.8) is 0 Å². The Hall–Kier alpha value is -2.80. The Morgan fingerprint density at radius 3 is 2.37 bits per heavy atom. The number of carboxylic acid groups (broad SMARTS) is 1. The molecule has 0 saturated carbocycles. The highest BCUT2D eigenvalue weighted by Crippen LogP contribution is 2.29. The lowest BCUT2D eigenvalue weighted by molar-refractivity contribution is -0.139. The van der Waals surface area contributed by atoms with E-state index >= 15 is 0 Å². The summed E-state index contributed by atoms with van der Waals surface area (Å²) in [5, 5.41) is 53.0. The van der Waals surface area contributed by atoms with Crippen molar-refractivity contribution in [3.8, 4) is 0 Å². The minimum absolute atomic E-state index is 0.00537. The van der Waals surface area contributed by atoms with Crippen LogP contribution < -0.4 is 21.1 Å². The highest BCUT2D eigenvalue weighted by atomic mass is 16.8. The van der Waals surface area contributed by atoms with Crippen LogP contribution in [-0.4, -0.2) is 45.8 Å². The zero-order chi connectivity index (χ0) is 20.8. The predicted molar refractivity (Wildman–Crippen MR) is 95.6 cm³/mol. The maximum absolute atomic E-state index is 11.7.